The Labute approximate surface area is 122 Å². The summed E-state index contributed by atoms with van der Waals surface area (Å²) < 4.78 is 1.03. The van der Waals surface area contributed by atoms with Crippen LogP contribution < -0.4 is 5.32 Å². The second kappa shape index (κ2) is 8.30. The van der Waals surface area contributed by atoms with Crippen LogP contribution in [0.1, 0.15) is 18.9 Å². The Bertz CT molecular complexity index is 424. The van der Waals surface area contributed by atoms with Crippen LogP contribution in [-0.4, -0.2) is 42.2 Å². The first-order valence-corrected chi connectivity index (χ1v) is 7.25. The summed E-state index contributed by atoms with van der Waals surface area (Å²) in [4.78, 5) is 13.9. The fourth-order valence-electron chi connectivity index (χ4n) is 1.77. The zero-order valence-electron chi connectivity index (χ0n) is 11.4. The number of aliphatic hydroxyl groups is 1. The Morgan fingerprint density at radius 2 is 2.21 bits per heavy atom. The molecule has 0 aliphatic heterocycles. The number of nitrogens with one attached hydrogen (secondary N) is 1. The van der Waals surface area contributed by atoms with E-state index in [0.717, 1.165) is 28.8 Å². The number of amides is 1. The smallest absolute Gasteiger partial charge is 0.238 e. The van der Waals surface area contributed by atoms with Gasteiger partial charge in [0.15, 0.2) is 0 Å². The lowest BCUT2D eigenvalue weighted by atomic mass is 10.2. The van der Waals surface area contributed by atoms with E-state index in [-0.39, 0.29) is 12.5 Å². The quantitative estimate of drug-likeness (QED) is 0.808. The number of halogens is 1. The van der Waals surface area contributed by atoms with E-state index in [1.165, 1.54) is 0 Å². The van der Waals surface area contributed by atoms with Gasteiger partial charge in [0.2, 0.25) is 5.91 Å². The van der Waals surface area contributed by atoms with Crippen molar-refractivity contribution in [3.05, 3.63) is 28.2 Å². The highest BCUT2D eigenvalue weighted by Gasteiger charge is 2.09. The van der Waals surface area contributed by atoms with Crippen molar-refractivity contribution in [2.45, 2.75) is 20.3 Å². The second-order valence-electron chi connectivity index (χ2n) is 4.46. The van der Waals surface area contributed by atoms with E-state index in [4.69, 9.17) is 5.11 Å². The molecule has 1 rings (SSSR count). The van der Waals surface area contributed by atoms with Gasteiger partial charge in [-0.15, -0.1) is 0 Å². The van der Waals surface area contributed by atoms with Gasteiger partial charge in [0.05, 0.1) is 6.54 Å². The van der Waals surface area contributed by atoms with Gasteiger partial charge in [-0.3, -0.25) is 9.69 Å². The van der Waals surface area contributed by atoms with Crippen LogP contribution in [0.2, 0.25) is 0 Å². The van der Waals surface area contributed by atoms with Gasteiger partial charge in [0.25, 0.3) is 0 Å². The number of aryl methyl sites for hydroxylation is 1. The van der Waals surface area contributed by atoms with Gasteiger partial charge in [-0.25, -0.2) is 0 Å². The maximum Gasteiger partial charge on any atom is 0.238 e. The molecule has 106 valence electrons. The van der Waals surface area contributed by atoms with Crippen molar-refractivity contribution in [1.82, 2.24) is 4.90 Å². The number of nitrogens with zero attached hydrogens (tertiary/aromatic N) is 1. The van der Waals surface area contributed by atoms with Gasteiger partial charge in [0.1, 0.15) is 0 Å². The average Bonchev–Trinajstić information content (AvgIpc) is 2.38. The van der Waals surface area contributed by atoms with Crippen LogP contribution in [-0.2, 0) is 4.79 Å². The molecule has 5 heteroatoms. The Balaban J connectivity index is 2.51. The molecule has 0 bridgehead atoms. The number of likely N-dealkylation sites (N-methyl/N-ethyl adjacent to an activating group) is 1. The van der Waals surface area contributed by atoms with E-state index in [1.54, 1.807) is 0 Å². The first-order chi connectivity index (χ1) is 9.06. The molecule has 0 saturated carbocycles. The summed E-state index contributed by atoms with van der Waals surface area (Å²) >= 11 is 3.43. The zero-order valence-corrected chi connectivity index (χ0v) is 13.0. The SMILES string of the molecule is CCN(CCCO)CC(=O)Nc1ccc(Br)c(C)c1. The highest BCUT2D eigenvalue weighted by molar-refractivity contribution is 9.10. The van der Waals surface area contributed by atoms with Crippen molar-refractivity contribution in [2.75, 3.05) is 31.6 Å². The fraction of sp³-hybridized carbons (Fsp3) is 0.500. The maximum atomic E-state index is 11.9. The minimum atomic E-state index is -0.0264. The molecule has 0 atom stereocenters. The Kier molecular flexibility index (Phi) is 7.05. The van der Waals surface area contributed by atoms with Gasteiger partial charge in [-0.2, -0.15) is 0 Å². The summed E-state index contributed by atoms with van der Waals surface area (Å²) in [7, 11) is 0. The van der Waals surface area contributed by atoms with Crippen molar-refractivity contribution < 1.29 is 9.90 Å². The van der Waals surface area contributed by atoms with Gasteiger partial charge in [0, 0.05) is 23.3 Å². The van der Waals surface area contributed by atoms with Crippen LogP contribution in [0.5, 0.6) is 0 Å². The van der Waals surface area contributed by atoms with Crippen molar-refractivity contribution in [3.8, 4) is 0 Å². The van der Waals surface area contributed by atoms with E-state index >= 15 is 0 Å². The molecular weight excluding hydrogens is 308 g/mol. The van der Waals surface area contributed by atoms with Crippen LogP contribution in [0.25, 0.3) is 0 Å². The third-order valence-corrected chi connectivity index (χ3v) is 3.78. The number of carbonyl (C=O) groups excluding carboxylic acids is 1. The highest BCUT2D eigenvalue weighted by atomic mass is 79.9. The number of aliphatic hydroxyl groups excluding tert-OH is 1. The van der Waals surface area contributed by atoms with Crippen LogP contribution in [0, 0.1) is 6.92 Å². The predicted octanol–water partition coefficient (Wildman–Crippen LogP) is 2.40. The van der Waals surface area contributed by atoms with E-state index in [2.05, 4.69) is 21.2 Å². The van der Waals surface area contributed by atoms with Crippen molar-refractivity contribution in [3.63, 3.8) is 0 Å². The van der Waals surface area contributed by atoms with Gasteiger partial charge >= 0.3 is 0 Å². The minimum Gasteiger partial charge on any atom is -0.396 e. The van der Waals surface area contributed by atoms with Crippen LogP contribution in [0.15, 0.2) is 22.7 Å². The van der Waals surface area contributed by atoms with Gasteiger partial charge in [-0.1, -0.05) is 22.9 Å². The third-order valence-electron chi connectivity index (χ3n) is 2.89. The molecular formula is C14H21BrN2O2. The molecule has 1 amide bonds. The number of benzene rings is 1. The summed E-state index contributed by atoms with van der Waals surface area (Å²) in [5.74, 6) is -0.0264. The highest BCUT2D eigenvalue weighted by Crippen LogP contribution is 2.19. The summed E-state index contributed by atoms with van der Waals surface area (Å²) in [5.41, 5.74) is 1.90. The summed E-state index contributed by atoms with van der Waals surface area (Å²) in [6.07, 6.45) is 0.693. The molecule has 0 heterocycles. The van der Waals surface area contributed by atoms with E-state index in [9.17, 15) is 4.79 Å². The molecule has 0 saturated heterocycles. The lowest BCUT2D eigenvalue weighted by Gasteiger charge is -2.19. The minimum absolute atomic E-state index is 0.0264. The second-order valence-corrected chi connectivity index (χ2v) is 5.31. The van der Waals surface area contributed by atoms with E-state index in [1.807, 2.05) is 36.9 Å². The summed E-state index contributed by atoms with van der Waals surface area (Å²) in [5, 5.41) is 11.7. The maximum absolute atomic E-state index is 11.9. The summed E-state index contributed by atoms with van der Waals surface area (Å²) in [6.45, 7) is 6.04. The first-order valence-electron chi connectivity index (χ1n) is 6.46. The van der Waals surface area contributed by atoms with Crippen LogP contribution in [0.3, 0.4) is 0 Å². The Hall–Kier alpha value is -0.910. The van der Waals surface area contributed by atoms with E-state index < -0.39 is 0 Å². The number of hydrogen-bond acceptors (Lipinski definition) is 3. The fourth-order valence-corrected chi connectivity index (χ4v) is 2.02. The number of carbonyl (C=O) groups is 1. The molecule has 1 aromatic rings. The Morgan fingerprint density at radius 3 is 2.79 bits per heavy atom. The monoisotopic (exact) mass is 328 g/mol. The third kappa shape index (κ3) is 5.72. The molecule has 19 heavy (non-hydrogen) atoms. The molecule has 2 N–H and O–H groups in total. The first kappa shape index (κ1) is 16.1. The molecule has 1 aromatic carbocycles. The number of hydrogen-bond donors (Lipinski definition) is 2. The standard InChI is InChI=1S/C14H21BrN2O2/c1-3-17(7-4-8-18)10-14(19)16-12-5-6-13(15)11(2)9-12/h5-6,9,18H,3-4,7-8,10H2,1-2H3,(H,16,19). The van der Waals surface area contributed by atoms with Gasteiger partial charge < -0.3 is 10.4 Å². The average molecular weight is 329 g/mol. The molecule has 0 radical (unpaired) electrons. The number of anilines is 1. The number of rotatable bonds is 7. The molecule has 0 fully saturated rings. The normalized spacial score (nSPS) is 10.8. The topological polar surface area (TPSA) is 52.6 Å². The molecule has 0 unspecified atom stereocenters. The van der Waals surface area contributed by atoms with Crippen molar-refractivity contribution in [2.24, 2.45) is 0 Å². The van der Waals surface area contributed by atoms with E-state index in [0.29, 0.717) is 13.0 Å². The van der Waals surface area contributed by atoms with Gasteiger partial charge in [-0.05, 0) is 43.7 Å². The predicted molar refractivity (Wildman–Crippen MR) is 81.3 cm³/mol. The zero-order chi connectivity index (χ0) is 14.3. The molecule has 0 aliphatic rings. The lowest BCUT2D eigenvalue weighted by molar-refractivity contribution is -0.117. The lowest BCUT2D eigenvalue weighted by Crippen LogP contribution is -2.34. The largest absolute Gasteiger partial charge is 0.396 e. The molecule has 0 spiro atoms. The Morgan fingerprint density at radius 1 is 1.47 bits per heavy atom. The van der Waals surface area contributed by atoms with Crippen molar-refractivity contribution >= 4 is 27.5 Å². The summed E-state index contributed by atoms with van der Waals surface area (Å²) in [6, 6.07) is 5.74. The molecule has 4 nitrogen and oxygen atoms in total. The van der Waals surface area contributed by atoms with Crippen LogP contribution in [0.4, 0.5) is 5.69 Å². The molecule has 0 aliphatic carbocycles. The molecule has 0 aromatic heterocycles. The van der Waals surface area contributed by atoms with Crippen LogP contribution >= 0.6 is 15.9 Å². The van der Waals surface area contributed by atoms with Crippen molar-refractivity contribution in [1.29, 1.82) is 0 Å².